The molecule has 0 unspecified atom stereocenters. The van der Waals surface area contributed by atoms with E-state index in [-0.39, 0.29) is 6.29 Å². The minimum Gasteiger partial charge on any atom is -0.353 e. The van der Waals surface area contributed by atoms with Crippen molar-refractivity contribution in [3.8, 4) is 0 Å². The first-order valence-corrected chi connectivity index (χ1v) is 12.4. The molecule has 0 N–H and O–H groups in total. The van der Waals surface area contributed by atoms with E-state index in [1.807, 2.05) is 20.8 Å². The molecule has 3 fully saturated rings. The Labute approximate surface area is 176 Å². The largest absolute Gasteiger partial charge is 0.353 e. The van der Waals surface area contributed by atoms with Crippen LogP contribution in [0.1, 0.15) is 107 Å². The van der Waals surface area contributed by atoms with Crippen molar-refractivity contribution < 1.29 is 9.47 Å². The van der Waals surface area contributed by atoms with E-state index in [2.05, 4.69) is 34.6 Å². The molecule has 28 heavy (non-hydrogen) atoms. The van der Waals surface area contributed by atoms with E-state index in [0.29, 0.717) is 10.8 Å². The van der Waals surface area contributed by atoms with Crippen LogP contribution in [-0.4, -0.2) is 19.5 Å². The molecule has 2 heteroatoms. The minimum atomic E-state index is -0.0370. The minimum absolute atomic E-state index is 0.0370. The van der Waals surface area contributed by atoms with Gasteiger partial charge in [-0.3, -0.25) is 0 Å². The molecular formula is C26H50O2. The highest BCUT2D eigenvalue weighted by Crippen LogP contribution is 2.60. The first-order valence-electron chi connectivity index (χ1n) is 12.4. The maximum atomic E-state index is 5.06. The Balaban J connectivity index is 0.000000300. The summed E-state index contributed by atoms with van der Waals surface area (Å²) in [5.41, 5.74) is 1.26. The van der Waals surface area contributed by atoms with Gasteiger partial charge in [-0.05, 0) is 93.3 Å². The van der Waals surface area contributed by atoms with Gasteiger partial charge in [-0.25, -0.2) is 0 Å². The van der Waals surface area contributed by atoms with Crippen molar-refractivity contribution in [2.45, 2.75) is 113 Å². The summed E-state index contributed by atoms with van der Waals surface area (Å²) in [6.45, 7) is 20.2. The summed E-state index contributed by atoms with van der Waals surface area (Å²) in [5, 5.41) is 0. The average molecular weight is 395 g/mol. The lowest BCUT2D eigenvalue weighted by atomic mass is 9.48. The van der Waals surface area contributed by atoms with Crippen molar-refractivity contribution >= 4 is 0 Å². The molecule has 3 saturated carbocycles. The molecular weight excluding hydrogens is 344 g/mol. The van der Waals surface area contributed by atoms with Gasteiger partial charge >= 0.3 is 0 Å². The quantitative estimate of drug-likeness (QED) is 0.455. The first-order chi connectivity index (χ1) is 13.2. The van der Waals surface area contributed by atoms with Gasteiger partial charge in [-0.2, -0.15) is 0 Å². The molecule has 6 atom stereocenters. The Morgan fingerprint density at radius 3 is 2.04 bits per heavy atom. The van der Waals surface area contributed by atoms with E-state index in [9.17, 15) is 0 Å². The predicted octanol–water partition coefficient (Wildman–Crippen LogP) is 7.71. The van der Waals surface area contributed by atoms with Gasteiger partial charge in [0.25, 0.3) is 0 Å². The van der Waals surface area contributed by atoms with E-state index in [0.717, 1.165) is 42.8 Å². The highest BCUT2D eigenvalue weighted by molar-refractivity contribution is 5.00. The van der Waals surface area contributed by atoms with E-state index >= 15 is 0 Å². The summed E-state index contributed by atoms with van der Waals surface area (Å²) in [5.74, 6) is 4.92. The molecule has 3 aliphatic rings. The lowest BCUT2D eigenvalue weighted by molar-refractivity contribution is -0.123. The van der Waals surface area contributed by atoms with Gasteiger partial charge in [-0.1, -0.05) is 53.9 Å². The van der Waals surface area contributed by atoms with E-state index < -0.39 is 0 Å². The summed E-state index contributed by atoms with van der Waals surface area (Å²) in [7, 11) is 0. The maximum Gasteiger partial charge on any atom is 0.154 e. The third kappa shape index (κ3) is 5.54. The van der Waals surface area contributed by atoms with Crippen molar-refractivity contribution in [2.24, 2.45) is 40.4 Å². The lowest BCUT2D eigenvalue weighted by Gasteiger charge is -2.57. The number of ether oxygens (including phenoxy) is 2. The molecule has 0 amide bonds. The molecule has 0 spiro atoms. The zero-order valence-electron chi connectivity index (χ0n) is 20.4. The summed E-state index contributed by atoms with van der Waals surface area (Å²) in [4.78, 5) is 0. The van der Waals surface area contributed by atoms with Crippen molar-refractivity contribution in [1.82, 2.24) is 0 Å². The third-order valence-electron chi connectivity index (χ3n) is 9.02. The maximum absolute atomic E-state index is 5.06. The first kappa shape index (κ1) is 24.2. The molecule has 0 aromatic heterocycles. The van der Waals surface area contributed by atoms with Crippen LogP contribution in [0, 0.1) is 40.4 Å². The van der Waals surface area contributed by atoms with Gasteiger partial charge in [0, 0.05) is 13.2 Å². The van der Waals surface area contributed by atoms with Crippen LogP contribution in [0.2, 0.25) is 0 Å². The fourth-order valence-electron chi connectivity index (χ4n) is 7.19. The number of fused-ring (bicyclic) bond motifs is 3. The van der Waals surface area contributed by atoms with Gasteiger partial charge in [0.1, 0.15) is 0 Å². The van der Waals surface area contributed by atoms with E-state index in [4.69, 9.17) is 9.47 Å². The fraction of sp³-hybridized carbons (Fsp3) is 1.00. The van der Waals surface area contributed by atoms with Gasteiger partial charge in [0.2, 0.25) is 0 Å². The average Bonchev–Trinajstić information content (AvgIpc) is 2.60. The van der Waals surface area contributed by atoms with Crippen LogP contribution in [-0.2, 0) is 9.47 Å². The second-order valence-corrected chi connectivity index (χ2v) is 11.1. The van der Waals surface area contributed by atoms with Gasteiger partial charge < -0.3 is 9.47 Å². The smallest absolute Gasteiger partial charge is 0.154 e. The fourth-order valence-corrected chi connectivity index (χ4v) is 7.19. The highest BCUT2D eigenvalue weighted by atomic mass is 16.7. The summed E-state index contributed by atoms with van der Waals surface area (Å²) in [6.07, 6.45) is 12.0. The van der Waals surface area contributed by atoms with Gasteiger partial charge in [0.15, 0.2) is 6.29 Å². The Kier molecular flexibility index (Phi) is 8.89. The Bertz CT molecular complexity index is 453. The van der Waals surface area contributed by atoms with Crippen molar-refractivity contribution in [3.05, 3.63) is 0 Å². The number of hydrogen-bond acceptors (Lipinski definition) is 2. The van der Waals surface area contributed by atoms with Crippen molar-refractivity contribution in [2.75, 3.05) is 13.2 Å². The molecule has 2 nitrogen and oxygen atoms in total. The Morgan fingerprint density at radius 2 is 1.43 bits per heavy atom. The normalized spacial score (nSPS) is 40.0. The molecule has 0 radical (unpaired) electrons. The lowest BCUT2D eigenvalue weighted by Crippen LogP contribution is -2.48. The molecule has 0 aliphatic heterocycles. The Hall–Kier alpha value is -0.0800. The zero-order valence-corrected chi connectivity index (χ0v) is 20.4. The topological polar surface area (TPSA) is 18.5 Å². The molecule has 0 aromatic rings. The summed E-state index contributed by atoms with van der Waals surface area (Å²) >= 11 is 0. The Morgan fingerprint density at radius 1 is 0.821 bits per heavy atom. The van der Waals surface area contributed by atoms with Crippen LogP contribution >= 0.6 is 0 Å². The van der Waals surface area contributed by atoms with Crippen LogP contribution in [0.4, 0.5) is 0 Å². The monoisotopic (exact) mass is 394 g/mol. The molecule has 0 saturated heterocycles. The molecule has 3 rings (SSSR count). The van der Waals surface area contributed by atoms with Crippen molar-refractivity contribution in [3.63, 3.8) is 0 Å². The molecule has 2 bridgehead atoms. The molecule has 166 valence electrons. The van der Waals surface area contributed by atoms with Crippen LogP contribution in [0.25, 0.3) is 0 Å². The van der Waals surface area contributed by atoms with Crippen LogP contribution in [0.3, 0.4) is 0 Å². The van der Waals surface area contributed by atoms with Gasteiger partial charge in [-0.15, -0.1) is 0 Å². The summed E-state index contributed by atoms with van der Waals surface area (Å²) < 4.78 is 10.1. The predicted molar refractivity (Wildman–Crippen MR) is 120 cm³/mol. The third-order valence-corrected chi connectivity index (χ3v) is 9.02. The molecule has 0 heterocycles. The van der Waals surface area contributed by atoms with Gasteiger partial charge in [0.05, 0.1) is 0 Å². The van der Waals surface area contributed by atoms with Crippen LogP contribution in [0.15, 0.2) is 0 Å². The second-order valence-electron chi connectivity index (χ2n) is 11.1. The molecule has 0 aromatic carbocycles. The van der Waals surface area contributed by atoms with E-state index in [1.165, 1.54) is 51.4 Å². The number of hydrogen-bond donors (Lipinski definition) is 0. The summed E-state index contributed by atoms with van der Waals surface area (Å²) in [6, 6.07) is 0. The standard InChI is InChI=1S/C20H36.C6H14O2/c1-14-7-6-11-20(5)12-10-17-15(2)8-9-16(13-18(14)20)19(17,3)4;1-4-7-6(3)8-5-2/h14-18H,6-13H2,1-5H3;6H,4-5H2,1-3H3/t14-,15-,16+,17+,18-,20+;/m1./s1. The van der Waals surface area contributed by atoms with E-state index in [1.54, 1.807) is 0 Å². The van der Waals surface area contributed by atoms with Crippen LogP contribution in [0.5, 0.6) is 0 Å². The second kappa shape index (κ2) is 10.3. The number of rotatable bonds is 4. The highest BCUT2D eigenvalue weighted by Gasteiger charge is 2.50. The SMILES string of the molecule is CCOC(C)OCC.C[C@@H]1CCC[C@@]2(C)CC[C@H]3[C@H](C)CC[C@@H](C[C@H]12)C3(C)C. The van der Waals surface area contributed by atoms with Crippen LogP contribution < -0.4 is 0 Å². The van der Waals surface area contributed by atoms with Crippen molar-refractivity contribution in [1.29, 1.82) is 0 Å². The zero-order chi connectivity index (χ0) is 20.9. The molecule has 3 aliphatic carbocycles.